The number of amides is 2. The van der Waals surface area contributed by atoms with Crippen molar-refractivity contribution in [3.8, 4) is 0 Å². The van der Waals surface area contributed by atoms with Gasteiger partial charge in [-0.1, -0.05) is 44.2 Å². The number of hydrogen-bond donors (Lipinski definition) is 1. The number of carbonyl (C=O) groups is 3. The molecule has 1 fully saturated rings. The second-order valence-corrected chi connectivity index (χ2v) is 9.11. The van der Waals surface area contributed by atoms with Crippen molar-refractivity contribution in [2.45, 2.75) is 78.2 Å². The zero-order valence-electron chi connectivity index (χ0n) is 18.6. The van der Waals surface area contributed by atoms with Crippen LogP contribution in [0.4, 0.5) is 4.79 Å². The van der Waals surface area contributed by atoms with Gasteiger partial charge in [0.1, 0.15) is 24.3 Å². The van der Waals surface area contributed by atoms with Gasteiger partial charge in [0.2, 0.25) is 5.91 Å². The number of benzene rings is 1. The van der Waals surface area contributed by atoms with Crippen LogP contribution in [0.2, 0.25) is 0 Å². The summed E-state index contributed by atoms with van der Waals surface area (Å²) in [7, 11) is 0. The standard InChI is InChI=1S/C23H34N2O5/c1-16(2)14-18(24-22(28)30-23(3,4)5)20(26)25-13-9-12-19(25)21(27)29-15-17-10-7-6-8-11-17/h6-8,10-11,16,18-19H,9,12-15H2,1-5H3,(H,24,28)/t18-,19-/m1/s1. The van der Waals surface area contributed by atoms with Crippen LogP contribution < -0.4 is 5.32 Å². The van der Waals surface area contributed by atoms with Gasteiger partial charge < -0.3 is 19.7 Å². The zero-order valence-corrected chi connectivity index (χ0v) is 18.6. The minimum Gasteiger partial charge on any atom is -0.459 e. The molecule has 1 aliphatic rings. The van der Waals surface area contributed by atoms with E-state index in [0.717, 1.165) is 12.0 Å². The molecule has 30 heavy (non-hydrogen) atoms. The first-order chi connectivity index (χ1) is 14.1. The molecular formula is C23H34N2O5. The Labute approximate surface area is 179 Å². The average Bonchev–Trinajstić information content (AvgIpc) is 3.13. The number of alkyl carbamates (subject to hydrolysis) is 1. The van der Waals surface area contributed by atoms with Gasteiger partial charge in [-0.2, -0.15) is 0 Å². The Balaban J connectivity index is 2.03. The molecule has 0 radical (unpaired) electrons. The summed E-state index contributed by atoms with van der Waals surface area (Å²) in [6.07, 6.45) is 1.10. The highest BCUT2D eigenvalue weighted by Gasteiger charge is 2.39. The number of likely N-dealkylation sites (tertiary alicyclic amines) is 1. The molecule has 0 aliphatic carbocycles. The summed E-state index contributed by atoms with van der Waals surface area (Å²) in [4.78, 5) is 39.7. The van der Waals surface area contributed by atoms with E-state index >= 15 is 0 Å². The van der Waals surface area contributed by atoms with Crippen LogP contribution in [-0.2, 0) is 25.7 Å². The van der Waals surface area contributed by atoms with Crippen molar-refractivity contribution in [1.82, 2.24) is 10.2 Å². The molecule has 0 spiro atoms. The van der Waals surface area contributed by atoms with E-state index in [4.69, 9.17) is 9.47 Å². The quantitative estimate of drug-likeness (QED) is 0.683. The van der Waals surface area contributed by atoms with Crippen LogP contribution in [0.15, 0.2) is 30.3 Å². The Morgan fingerprint density at radius 2 is 1.83 bits per heavy atom. The third-order valence-electron chi connectivity index (χ3n) is 4.73. The number of rotatable bonds is 7. The summed E-state index contributed by atoms with van der Waals surface area (Å²) < 4.78 is 10.8. The van der Waals surface area contributed by atoms with Crippen molar-refractivity contribution in [3.05, 3.63) is 35.9 Å². The lowest BCUT2D eigenvalue weighted by Gasteiger charge is -2.29. The highest BCUT2D eigenvalue weighted by molar-refractivity contribution is 5.90. The molecule has 1 aromatic rings. The predicted molar refractivity (Wildman–Crippen MR) is 114 cm³/mol. The number of nitrogens with zero attached hydrogens (tertiary/aromatic N) is 1. The smallest absolute Gasteiger partial charge is 0.408 e. The molecule has 0 bridgehead atoms. The first-order valence-electron chi connectivity index (χ1n) is 10.6. The van der Waals surface area contributed by atoms with E-state index in [1.807, 2.05) is 44.2 Å². The maximum Gasteiger partial charge on any atom is 0.408 e. The third-order valence-corrected chi connectivity index (χ3v) is 4.73. The van der Waals surface area contributed by atoms with Crippen molar-refractivity contribution < 1.29 is 23.9 Å². The summed E-state index contributed by atoms with van der Waals surface area (Å²) in [5.41, 5.74) is 0.235. The van der Waals surface area contributed by atoms with Crippen LogP contribution in [0, 0.1) is 5.92 Å². The van der Waals surface area contributed by atoms with E-state index in [0.29, 0.717) is 19.4 Å². The molecule has 2 rings (SSSR count). The molecule has 1 heterocycles. The molecule has 0 unspecified atom stereocenters. The lowest BCUT2D eigenvalue weighted by Crippen LogP contribution is -2.53. The topological polar surface area (TPSA) is 84.9 Å². The van der Waals surface area contributed by atoms with E-state index < -0.39 is 29.7 Å². The van der Waals surface area contributed by atoms with Crippen LogP contribution in [0.3, 0.4) is 0 Å². The van der Waals surface area contributed by atoms with Crippen molar-refractivity contribution in [1.29, 1.82) is 0 Å². The van der Waals surface area contributed by atoms with Gasteiger partial charge in [-0.25, -0.2) is 9.59 Å². The lowest BCUT2D eigenvalue weighted by molar-refractivity contribution is -0.155. The molecule has 7 nitrogen and oxygen atoms in total. The average molecular weight is 419 g/mol. The molecule has 1 N–H and O–H groups in total. The molecule has 1 aromatic carbocycles. The van der Waals surface area contributed by atoms with Crippen molar-refractivity contribution in [3.63, 3.8) is 0 Å². The highest BCUT2D eigenvalue weighted by atomic mass is 16.6. The van der Waals surface area contributed by atoms with Gasteiger partial charge in [-0.05, 0) is 51.5 Å². The summed E-state index contributed by atoms with van der Waals surface area (Å²) >= 11 is 0. The summed E-state index contributed by atoms with van der Waals surface area (Å²) in [5.74, 6) is -0.501. The van der Waals surface area contributed by atoms with Gasteiger partial charge in [0, 0.05) is 6.54 Å². The fourth-order valence-corrected chi connectivity index (χ4v) is 3.44. The maximum absolute atomic E-state index is 13.2. The van der Waals surface area contributed by atoms with E-state index in [-0.39, 0.29) is 18.4 Å². The van der Waals surface area contributed by atoms with Crippen molar-refractivity contribution in [2.24, 2.45) is 5.92 Å². The van der Waals surface area contributed by atoms with Crippen LogP contribution in [0.5, 0.6) is 0 Å². The number of hydrogen-bond acceptors (Lipinski definition) is 5. The Bertz CT molecular complexity index is 727. The molecule has 0 aromatic heterocycles. The van der Waals surface area contributed by atoms with Crippen LogP contribution >= 0.6 is 0 Å². The van der Waals surface area contributed by atoms with Crippen molar-refractivity contribution in [2.75, 3.05) is 6.54 Å². The fraction of sp³-hybridized carbons (Fsp3) is 0.609. The predicted octanol–water partition coefficient (Wildman–Crippen LogP) is 3.66. The van der Waals surface area contributed by atoms with Gasteiger partial charge in [-0.3, -0.25) is 4.79 Å². The van der Waals surface area contributed by atoms with E-state index in [9.17, 15) is 14.4 Å². The lowest BCUT2D eigenvalue weighted by atomic mass is 10.0. The van der Waals surface area contributed by atoms with Gasteiger partial charge in [0.25, 0.3) is 0 Å². The first-order valence-corrected chi connectivity index (χ1v) is 10.6. The molecule has 0 saturated carbocycles. The van der Waals surface area contributed by atoms with E-state index in [1.54, 1.807) is 20.8 Å². The monoisotopic (exact) mass is 418 g/mol. The van der Waals surface area contributed by atoms with Crippen LogP contribution in [0.1, 0.15) is 59.4 Å². The van der Waals surface area contributed by atoms with Crippen LogP contribution in [0.25, 0.3) is 0 Å². The van der Waals surface area contributed by atoms with E-state index in [2.05, 4.69) is 5.32 Å². The SMILES string of the molecule is CC(C)C[C@@H](NC(=O)OC(C)(C)C)C(=O)N1CCC[C@@H]1C(=O)OCc1ccccc1. The Kier molecular flexibility index (Phi) is 8.26. The Morgan fingerprint density at radius 1 is 1.17 bits per heavy atom. The van der Waals surface area contributed by atoms with Gasteiger partial charge in [-0.15, -0.1) is 0 Å². The largest absolute Gasteiger partial charge is 0.459 e. The molecule has 1 aliphatic heterocycles. The molecular weight excluding hydrogens is 384 g/mol. The normalized spacial score (nSPS) is 17.5. The number of carbonyl (C=O) groups excluding carboxylic acids is 3. The number of nitrogens with one attached hydrogen (secondary N) is 1. The van der Waals surface area contributed by atoms with Gasteiger partial charge in [0.15, 0.2) is 0 Å². The van der Waals surface area contributed by atoms with Crippen LogP contribution in [-0.4, -0.2) is 47.1 Å². The minimum absolute atomic E-state index is 0.170. The molecule has 2 amide bonds. The minimum atomic E-state index is -0.748. The zero-order chi connectivity index (χ0) is 22.3. The van der Waals surface area contributed by atoms with Gasteiger partial charge in [0.05, 0.1) is 0 Å². The fourth-order valence-electron chi connectivity index (χ4n) is 3.44. The third kappa shape index (κ3) is 7.35. The summed E-state index contributed by atoms with van der Waals surface area (Å²) in [6.45, 7) is 9.90. The molecule has 7 heteroatoms. The summed E-state index contributed by atoms with van der Waals surface area (Å²) in [6, 6.07) is 8.05. The Hall–Kier alpha value is -2.57. The molecule has 1 saturated heterocycles. The van der Waals surface area contributed by atoms with E-state index in [1.165, 1.54) is 4.90 Å². The highest BCUT2D eigenvalue weighted by Crippen LogP contribution is 2.22. The second kappa shape index (κ2) is 10.5. The maximum atomic E-state index is 13.2. The molecule has 2 atom stereocenters. The molecule has 166 valence electrons. The van der Waals surface area contributed by atoms with Gasteiger partial charge >= 0.3 is 12.1 Å². The summed E-state index contributed by atoms with van der Waals surface area (Å²) in [5, 5.41) is 2.69. The van der Waals surface area contributed by atoms with Crippen molar-refractivity contribution >= 4 is 18.0 Å². The number of ether oxygens (including phenoxy) is 2. The number of esters is 1. The second-order valence-electron chi connectivity index (χ2n) is 9.11. The first kappa shape index (κ1) is 23.7. The Morgan fingerprint density at radius 3 is 2.43 bits per heavy atom.